The number of nitrogens with zero attached hydrogens (tertiary/aromatic N) is 1. The molecule has 0 saturated heterocycles. The fraction of sp³-hybridized carbons (Fsp3) is 0.410. The smallest absolute Gasteiger partial charge is 0.422 e. The molecule has 0 radical (unpaired) electrons. The van der Waals surface area contributed by atoms with Crippen LogP contribution in [-0.4, -0.2) is 41.7 Å². The van der Waals surface area contributed by atoms with Gasteiger partial charge in [0.05, 0.1) is 10.1 Å². The van der Waals surface area contributed by atoms with Gasteiger partial charge in [-0.05, 0) is 114 Å². The molecule has 0 aliphatic heterocycles. The number of aryl methyl sites for hydroxylation is 1. The van der Waals surface area contributed by atoms with Crippen LogP contribution in [0.15, 0.2) is 63.8 Å². The molecule has 4 heterocycles. The van der Waals surface area contributed by atoms with Gasteiger partial charge in [0.15, 0.2) is 0 Å². The van der Waals surface area contributed by atoms with Crippen molar-refractivity contribution >= 4 is 76.1 Å². The summed E-state index contributed by atoms with van der Waals surface area (Å²) in [6, 6.07) is 18.9. The first kappa shape index (κ1) is 37.4. The van der Waals surface area contributed by atoms with E-state index >= 15 is 0 Å². The minimum atomic E-state index is -2.93. The van der Waals surface area contributed by atoms with Crippen molar-refractivity contribution in [2.45, 2.75) is 73.6 Å². The lowest BCUT2D eigenvalue weighted by molar-refractivity contribution is 0.0866. The molecule has 0 aliphatic rings. The van der Waals surface area contributed by atoms with E-state index in [1.165, 1.54) is 41.0 Å². The highest BCUT2D eigenvalue weighted by Gasteiger charge is 2.44. The topological polar surface area (TPSA) is 61.1 Å². The third-order valence-electron chi connectivity index (χ3n) is 8.43. The molecule has 0 amide bonds. The van der Waals surface area contributed by atoms with E-state index in [4.69, 9.17) is 17.7 Å². The molecule has 0 unspecified atom stereocenters. The van der Waals surface area contributed by atoms with Gasteiger partial charge in [0.1, 0.15) is 5.58 Å². The Morgan fingerprint density at radius 3 is 2.16 bits per heavy atom. The van der Waals surface area contributed by atoms with Crippen LogP contribution in [0, 0.1) is 0 Å². The average Bonchev–Trinajstić information content (AvgIpc) is 3.87. The lowest BCUT2D eigenvalue weighted by Crippen LogP contribution is -2.55. The molecule has 0 atom stereocenters. The summed E-state index contributed by atoms with van der Waals surface area (Å²) in [4.78, 5) is 21.2. The SMILES string of the molecule is CCCCCCc1cc(-c2ccc(-c3cc4ccc(N(CC)CC)cc4oc3=O)s2)sc1/C=C/c1ccc([Si](OCC)(OCC)OCC)s1. The number of rotatable bonds is 19. The summed E-state index contributed by atoms with van der Waals surface area (Å²) in [6.07, 6.45) is 10.4. The Morgan fingerprint density at radius 1 is 0.735 bits per heavy atom. The highest BCUT2D eigenvalue weighted by molar-refractivity contribution is 7.25. The molecule has 4 aromatic heterocycles. The number of hydrogen-bond acceptors (Lipinski definition) is 9. The van der Waals surface area contributed by atoms with Gasteiger partial charge >= 0.3 is 14.4 Å². The summed E-state index contributed by atoms with van der Waals surface area (Å²) < 4.78 is 25.4. The second kappa shape index (κ2) is 17.9. The molecule has 6 nitrogen and oxygen atoms in total. The number of hydrogen-bond donors (Lipinski definition) is 0. The quantitative estimate of drug-likeness (QED) is 0.0478. The van der Waals surface area contributed by atoms with E-state index in [2.05, 4.69) is 80.3 Å². The van der Waals surface area contributed by atoms with Gasteiger partial charge in [-0.2, -0.15) is 0 Å². The monoisotopic (exact) mass is 735 g/mol. The predicted molar refractivity (Wildman–Crippen MR) is 214 cm³/mol. The maximum absolute atomic E-state index is 13.2. The lowest BCUT2D eigenvalue weighted by Gasteiger charge is -2.27. The standard InChI is InChI=1S/C39H49NO5S3Si/c1-7-13-14-15-16-29-26-37(47-34(29)21-19-31-20-24-38(46-31)49(42-10-4,43-11-5)44-12-6)36-23-22-35(48-36)32-25-28-17-18-30(40(8-2)9-3)27-33(28)45-39(32)41/h17-27H,7-16H2,1-6H3/b21-19+. The molecule has 5 aromatic rings. The highest BCUT2D eigenvalue weighted by Crippen LogP contribution is 2.40. The Hall–Kier alpha value is -2.83. The molecule has 0 aliphatic carbocycles. The van der Waals surface area contributed by atoms with Crippen LogP contribution in [0.3, 0.4) is 0 Å². The number of fused-ring (bicyclic) bond motifs is 1. The second-order valence-corrected chi connectivity index (χ2v) is 17.9. The highest BCUT2D eigenvalue weighted by atomic mass is 32.1. The normalized spacial score (nSPS) is 12.1. The number of anilines is 1. The molecule has 5 rings (SSSR count). The van der Waals surface area contributed by atoms with E-state index < -0.39 is 8.80 Å². The zero-order valence-corrected chi connectivity index (χ0v) is 33.1. The van der Waals surface area contributed by atoms with Crippen LogP contribution in [0.2, 0.25) is 0 Å². The zero-order chi connectivity index (χ0) is 34.8. The largest absolute Gasteiger partial charge is 0.547 e. The van der Waals surface area contributed by atoms with Crippen LogP contribution >= 0.6 is 34.0 Å². The van der Waals surface area contributed by atoms with Crippen LogP contribution < -0.4 is 15.0 Å². The van der Waals surface area contributed by atoms with Crippen molar-refractivity contribution in [1.29, 1.82) is 0 Å². The number of benzene rings is 1. The Labute approximate surface area is 304 Å². The van der Waals surface area contributed by atoms with Crippen LogP contribution in [0.4, 0.5) is 5.69 Å². The molecule has 10 heteroatoms. The molecule has 0 fully saturated rings. The van der Waals surface area contributed by atoms with E-state index in [0.717, 1.165) is 49.7 Å². The summed E-state index contributed by atoms with van der Waals surface area (Å²) in [5.74, 6) is 0. The van der Waals surface area contributed by atoms with Crippen molar-refractivity contribution in [1.82, 2.24) is 0 Å². The molecule has 0 bridgehead atoms. The van der Waals surface area contributed by atoms with Gasteiger partial charge in [-0.25, -0.2) is 4.79 Å². The Kier molecular flexibility index (Phi) is 13.7. The van der Waals surface area contributed by atoms with E-state index in [-0.39, 0.29) is 5.63 Å². The minimum absolute atomic E-state index is 0.301. The number of unbranched alkanes of at least 4 members (excludes halogenated alkanes) is 3. The number of thiophene rings is 3. The van der Waals surface area contributed by atoms with E-state index in [1.807, 2.05) is 44.2 Å². The molecular weight excluding hydrogens is 687 g/mol. The van der Waals surface area contributed by atoms with Crippen molar-refractivity contribution in [2.24, 2.45) is 0 Å². The van der Waals surface area contributed by atoms with Gasteiger partial charge in [-0.15, -0.1) is 34.0 Å². The molecule has 1 aromatic carbocycles. The van der Waals surface area contributed by atoms with E-state index in [1.54, 1.807) is 22.7 Å². The van der Waals surface area contributed by atoms with Gasteiger partial charge < -0.3 is 22.6 Å². The summed E-state index contributed by atoms with van der Waals surface area (Å²) in [7, 11) is -2.93. The maximum Gasteiger partial charge on any atom is 0.547 e. The molecule has 0 saturated carbocycles. The first-order valence-electron chi connectivity index (χ1n) is 17.6. The van der Waals surface area contributed by atoms with Gasteiger partial charge in [0, 0.05) is 74.4 Å². The van der Waals surface area contributed by atoms with Gasteiger partial charge in [0.25, 0.3) is 0 Å². The fourth-order valence-corrected chi connectivity index (χ4v) is 12.3. The second-order valence-electron chi connectivity index (χ2n) is 11.7. The summed E-state index contributed by atoms with van der Waals surface area (Å²) >= 11 is 5.15. The van der Waals surface area contributed by atoms with Crippen molar-refractivity contribution in [3.63, 3.8) is 0 Å². The van der Waals surface area contributed by atoms with Crippen LogP contribution in [0.1, 0.15) is 82.5 Å². The van der Waals surface area contributed by atoms with Crippen LogP contribution in [-0.2, 0) is 19.7 Å². The molecule has 0 N–H and O–H groups in total. The van der Waals surface area contributed by atoms with Crippen LogP contribution in [0.5, 0.6) is 0 Å². The molecular formula is C39H49NO5S3Si. The first-order chi connectivity index (χ1) is 23.9. The Morgan fingerprint density at radius 2 is 1.47 bits per heavy atom. The van der Waals surface area contributed by atoms with Gasteiger partial charge in [-0.1, -0.05) is 26.2 Å². The summed E-state index contributed by atoms with van der Waals surface area (Å²) in [5.41, 5.74) is 3.36. The average molecular weight is 736 g/mol. The van der Waals surface area contributed by atoms with E-state index in [0.29, 0.717) is 31.0 Å². The first-order valence-corrected chi connectivity index (χ1v) is 21.8. The van der Waals surface area contributed by atoms with Crippen molar-refractivity contribution in [2.75, 3.05) is 37.8 Å². The minimum Gasteiger partial charge on any atom is -0.422 e. The van der Waals surface area contributed by atoms with Gasteiger partial charge in [-0.3, -0.25) is 0 Å². The third kappa shape index (κ3) is 8.91. The van der Waals surface area contributed by atoms with Crippen molar-refractivity contribution in [3.05, 3.63) is 80.3 Å². The lowest BCUT2D eigenvalue weighted by atomic mass is 10.1. The summed E-state index contributed by atoms with van der Waals surface area (Å²) in [6.45, 7) is 15.9. The fourth-order valence-electron chi connectivity index (χ4n) is 5.99. The Bertz CT molecular complexity index is 1870. The zero-order valence-electron chi connectivity index (χ0n) is 29.6. The van der Waals surface area contributed by atoms with Crippen LogP contribution in [0.25, 0.3) is 43.3 Å². The van der Waals surface area contributed by atoms with Crippen molar-refractivity contribution < 1.29 is 17.7 Å². The van der Waals surface area contributed by atoms with Crippen molar-refractivity contribution in [3.8, 4) is 20.2 Å². The third-order valence-corrected chi connectivity index (χ3v) is 15.6. The Balaban J connectivity index is 1.42. The maximum atomic E-state index is 13.2. The van der Waals surface area contributed by atoms with E-state index in [9.17, 15) is 4.79 Å². The predicted octanol–water partition coefficient (Wildman–Crippen LogP) is 10.7. The van der Waals surface area contributed by atoms with Gasteiger partial charge in [0.2, 0.25) is 0 Å². The summed E-state index contributed by atoms with van der Waals surface area (Å²) in [5, 5.41) is 0.929. The molecule has 0 spiro atoms. The molecule has 262 valence electrons. The molecule has 49 heavy (non-hydrogen) atoms.